The Hall–Kier alpha value is -1.70. The molecule has 1 atom stereocenters. The third-order valence-corrected chi connectivity index (χ3v) is 5.88. The van der Waals surface area contributed by atoms with Crippen LogP contribution < -0.4 is 16.4 Å². The summed E-state index contributed by atoms with van der Waals surface area (Å²) in [6.07, 6.45) is 1.47. The molecule has 5 N–H and O–H groups in total. The molecule has 26 heavy (non-hydrogen) atoms. The van der Waals surface area contributed by atoms with E-state index in [1.807, 2.05) is 4.90 Å². The molecule has 2 saturated heterocycles. The van der Waals surface area contributed by atoms with E-state index in [2.05, 4.69) is 10.6 Å². The van der Waals surface area contributed by atoms with Gasteiger partial charge in [0.15, 0.2) is 0 Å². The molecule has 0 aromatic heterocycles. The first kappa shape index (κ1) is 19.1. The molecule has 7 nitrogen and oxygen atoms in total. The van der Waals surface area contributed by atoms with Gasteiger partial charge in [0.25, 0.3) is 0 Å². The number of aromatic hydroxyl groups is 1. The maximum atomic E-state index is 12.6. The van der Waals surface area contributed by atoms with Gasteiger partial charge in [-0.3, -0.25) is 4.79 Å². The standard InChI is InChI=1S/C17H22Cl2N4O3/c18-12-5-11(14(24)6-13(12)19)15(20)9-1-3-23(4-2-9)16(25)10-7-21-17(26)22-8-10/h5-6,9-10,15,24H,1-4,7-8,20H2,(H2,21,22,26)/t15-/m1/s1. The number of rotatable bonds is 3. The van der Waals surface area contributed by atoms with Gasteiger partial charge in [0.2, 0.25) is 5.91 Å². The molecular weight excluding hydrogens is 379 g/mol. The maximum Gasteiger partial charge on any atom is 0.314 e. The summed E-state index contributed by atoms with van der Waals surface area (Å²) in [4.78, 5) is 25.5. The van der Waals surface area contributed by atoms with E-state index >= 15 is 0 Å². The third kappa shape index (κ3) is 4.00. The first-order chi connectivity index (χ1) is 12.4. The Bertz CT molecular complexity index is 697. The van der Waals surface area contributed by atoms with Crippen molar-refractivity contribution >= 4 is 35.1 Å². The van der Waals surface area contributed by atoms with Crippen molar-refractivity contribution in [3.05, 3.63) is 27.7 Å². The van der Waals surface area contributed by atoms with Crippen molar-refractivity contribution in [2.75, 3.05) is 26.2 Å². The first-order valence-electron chi connectivity index (χ1n) is 8.60. The van der Waals surface area contributed by atoms with Crippen LogP contribution in [-0.2, 0) is 4.79 Å². The lowest BCUT2D eigenvalue weighted by molar-refractivity contribution is -0.136. The average molecular weight is 401 g/mol. The van der Waals surface area contributed by atoms with Crippen molar-refractivity contribution in [1.29, 1.82) is 0 Å². The van der Waals surface area contributed by atoms with Crippen LogP contribution >= 0.6 is 23.2 Å². The number of benzene rings is 1. The van der Waals surface area contributed by atoms with Gasteiger partial charge in [-0.1, -0.05) is 23.2 Å². The molecule has 2 aliphatic heterocycles. The van der Waals surface area contributed by atoms with Crippen LogP contribution in [0.25, 0.3) is 0 Å². The molecule has 0 radical (unpaired) electrons. The van der Waals surface area contributed by atoms with E-state index in [0.717, 1.165) is 12.8 Å². The van der Waals surface area contributed by atoms with E-state index < -0.39 is 0 Å². The largest absolute Gasteiger partial charge is 0.508 e. The van der Waals surface area contributed by atoms with E-state index in [9.17, 15) is 14.7 Å². The van der Waals surface area contributed by atoms with Crippen molar-refractivity contribution in [2.24, 2.45) is 17.6 Å². The fourth-order valence-corrected chi connectivity index (χ4v) is 3.88. The first-order valence-corrected chi connectivity index (χ1v) is 9.36. The number of carbonyl (C=O) groups excluding carboxylic acids is 2. The summed E-state index contributed by atoms with van der Waals surface area (Å²) in [5.74, 6) is -0.0280. The normalized spacial score (nSPS) is 20.4. The van der Waals surface area contributed by atoms with Gasteiger partial charge >= 0.3 is 6.03 Å². The number of amides is 3. The highest BCUT2D eigenvalue weighted by molar-refractivity contribution is 6.42. The highest BCUT2D eigenvalue weighted by Gasteiger charge is 2.33. The number of hydrogen-bond acceptors (Lipinski definition) is 4. The zero-order valence-corrected chi connectivity index (χ0v) is 15.7. The van der Waals surface area contributed by atoms with Gasteiger partial charge in [0, 0.05) is 43.9 Å². The molecule has 1 aromatic carbocycles. The van der Waals surface area contributed by atoms with Crippen molar-refractivity contribution in [2.45, 2.75) is 18.9 Å². The van der Waals surface area contributed by atoms with Crippen LogP contribution in [0.3, 0.4) is 0 Å². The molecule has 0 spiro atoms. The summed E-state index contributed by atoms with van der Waals surface area (Å²) in [6, 6.07) is 2.40. The summed E-state index contributed by atoms with van der Waals surface area (Å²) < 4.78 is 0. The highest BCUT2D eigenvalue weighted by Crippen LogP contribution is 2.37. The number of piperidine rings is 1. The van der Waals surface area contributed by atoms with Crippen LogP contribution in [0.5, 0.6) is 5.75 Å². The fourth-order valence-electron chi connectivity index (χ4n) is 3.55. The molecule has 0 unspecified atom stereocenters. The minimum absolute atomic E-state index is 0.0365. The number of carbonyl (C=O) groups is 2. The molecule has 0 saturated carbocycles. The van der Waals surface area contributed by atoms with Crippen molar-refractivity contribution < 1.29 is 14.7 Å². The molecular formula is C17H22Cl2N4O3. The molecule has 2 heterocycles. The molecule has 9 heteroatoms. The SMILES string of the molecule is N[C@@H](c1cc(Cl)c(Cl)cc1O)C1CCN(C(=O)C2CNC(=O)NC2)CC1. The van der Waals surface area contributed by atoms with Crippen LogP contribution in [0, 0.1) is 11.8 Å². The van der Waals surface area contributed by atoms with Crippen LogP contribution in [-0.4, -0.2) is 48.1 Å². The van der Waals surface area contributed by atoms with Gasteiger partial charge in [-0.25, -0.2) is 4.79 Å². The molecule has 1 aromatic rings. The number of phenols is 1. The number of halogens is 2. The topological polar surface area (TPSA) is 108 Å². The number of nitrogens with two attached hydrogens (primary N) is 1. The Labute approximate surface area is 161 Å². The van der Waals surface area contributed by atoms with Crippen LogP contribution in [0.15, 0.2) is 12.1 Å². The zero-order valence-electron chi connectivity index (χ0n) is 14.2. The molecule has 142 valence electrons. The van der Waals surface area contributed by atoms with Gasteiger partial charge in [-0.05, 0) is 24.8 Å². The summed E-state index contributed by atoms with van der Waals surface area (Å²) >= 11 is 11.9. The second-order valence-corrected chi connectivity index (χ2v) is 7.62. The smallest absolute Gasteiger partial charge is 0.314 e. The Morgan fingerprint density at radius 2 is 1.77 bits per heavy atom. The van der Waals surface area contributed by atoms with Crippen molar-refractivity contribution in [3.8, 4) is 5.75 Å². The van der Waals surface area contributed by atoms with Gasteiger partial charge in [0.1, 0.15) is 5.75 Å². The molecule has 2 aliphatic rings. The van der Waals surface area contributed by atoms with Crippen molar-refractivity contribution in [3.63, 3.8) is 0 Å². The van der Waals surface area contributed by atoms with E-state index in [1.165, 1.54) is 6.07 Å². The van der Waals surface area contributed by atoms with Crippen molar-refractivity contribution in [1.82, 2.24) is 15.5 Å². The lowest BCUT2D eigenvalue weighted by Crippen LogP contribution is -2.54. The zero-order chi connectivity index (χ0) is 18.8. The molecule has 3 amide bonds. The minimum atomic E-state index is -0.377. The van der Waals surface area contributed by atoms with Crippen LogP contribution in [0.4, 0.5) is 4.79 Å². The number of phenolic OH excluding ortho intramolecular Hbond substituents is 1. The molecule has 0 bridgehead atoms. The molecule has 0 aliphatic carbocycles. The Morgan fingerprint density at radius 1 is 1.19 bits per heavy atom. The highest BCUT2D eigenvalue weighted by atomic mass is 35.5. The second-order valence-electron chi connectivity index (χ2n) is 6.80. The Balaban J connectivity index is 1.59. The van der Waals surface area contributed by atoms with Gasteiger partial charge in [-0.2, -0.15) is 0 Å². The third-order valence-electron chi connectivity index (χ3n) is 5.16. The second kappa shape index (κ2) is 7.90. The quantitative estimate of drug-likeness (QED) is 0.620. The number of likely N-dealkylation sites (tertiary alicyclic amines) is 1. The minimum Gasteiger partial charge on any atom is -0.508 e. The number of nitrogens with one attached hydrogen (secondary N) is 2. The van der Waals surface area contributed by atoms with E-state index in [0.29, 0.717) is 36.8 Å². The summed E-state index contributed by atoms with van der Waals surface area (Å²) in [5.41, 5.74) is 6.92. The molecule has 2 fully saturated rings. The summed E-state index contributed by atoms with van der Waals surface area (Å²) in [6.45, 7) is 1.93. The lowest BCUT2D eigenvalue weighted by atomic mass is 9.85. The predicted molar refractivity (Wildman–Crippen MR) is 99.3 cm³/mol. The van der Waals surface area contributed by atoms with E-state index in [4.69, 9.17) is 28.9 Å². The van der Waals surface area contributed by atoms with Gasteiger partial charge in [-0.15, -0.1) is 0 Å². The number of urea groups is 1. The van der Waals surface area contributed by atoms with Gasteiger partial charge < -0.3 is 26.4 Å². The maximum absolute atomic E-state index is 12.6. The predicted octanol–water partition coefficient (Wildman–Crippen LogP) is 1.87. The number of nitrogens with zero attached hydrogens (tertiary/aromatic N) is 1. The molecule has 3 rings (SSSR count). The average Bonchev–Trinajstić information content (AvgIpc) is 2.64. The van der Waals surface area contributed by atoms with E-state index in [1.54, 1.807) is 6.07 Å². The lowest BCUT2D eigenvalue weighted by Gasteiger charge is -2.37. The monoisotopic (exact) mass is 400 g/mol. The van der Waals surface area contributed by atoms with Crippen LogP contribution in [0.2, 0.25) is 10.0 Å². The summed E-state index contributed by atoms with van der Waals surface area (Å²) in [5, 5.41) is 16.1. The van der Waals surface area contributed by atoms with Gasteiger partial charge in [0.05, 0.1) is 16.0 Å². The summed E-state index contributed by atoms with van der Waals surface area (Å²) in [7, 11) is 0. The number of hydrogen-bond donors (Lipinski definition) is 4. The van der Waals surface area contributed by atoms with E-state index in [-0.39, 0.29) is 40.6 Å². The Kier molecular flexibility index (Phi) is 5.79. The Morgan fingerprint density at radius 3 is 2.38 bits per heavy atom. The fraction of sp³-hybridized carbons (Fsp3) is 0.529. The van der Waals surface area contributed by atoms with Crippen LogP contribution in [0.1, 0.15) is 24.4 Å².